The smallest absolute Gasteiger partial charge is 0.410 e. The number of carbonyl (C=O) groups excluding carboxylic acids is 2. The Morgan fingerprint density at radius 1 is 1.37 bits per heavy atom. The van der Waals surface area contributed by atoms with Gasteiger partial charge >= 0.3 is 6.09 Å². The zero-order valence-electron chi connectivity index (χ0n) is 10.5. The molecular weight excluding hydrogens is 244 g/mol. The molecule has 2 atom stereocenters. The normalized spacial score (nSPS) is 25.1. The number of hydrogen-bond donors (Lipinski definition) is 1. The highest BCUT2D eigenvalue weighted by Gasteiger charge is 2.44. The van der Waals surface area contributed by atoms with E-state index in [4.69, 9.17) is 4.74 Å². The summed E-state index contributed by atoms with van der Waals surface area (Å²) in [7, 11) is 0. The maximum absolute atomic E-state index is 12.0. The average molecular weight is 260 g/mol. The van der Waals surface area contributed by atoms with Crippen molar-refractivity contribution in [3.63, 3.8) is 0 Å². The maximum Gasteiger partial charge on any atom is 0.410 e. The molecule has 0 radical (unpaired) electrons. The van der Waals surface area contributed by atoms with Crippen LogP contribution < -0.4 is 5.32 Å². The van der Waals surface area contributed by atoms with Gasteiger partial charge in [-0.2, -0.15) is 0 Å². The second-order valence-corrected chi connectivity index (χ2v) is 4.97. The number of likely N-dealkylation sites (tertiary alicyclic amines) is 1. The molecule has 0 saturated carbocycles. The van der Waals surface area contributed by atoms with E-state index in [0.717, 1.165) is 12.0 Å². The molecule has 19 heavy (non-hydrogen) atoms. The molecule has 2 amide bonds. The second kappa shape index (κ2) is 4.91. The van der Waals surface area contributed by atoms with Crippen LogP contribution in [0.3, 0.4) is 0 Å². The third-order valence-corrected chi connectivity index (χ3v) is 3.73. The standard InChI is InChI=1S/C14H16N2O3/c17-13-8-12-11(15-13)6-7-16(12)14(18)19-9-10-4-2-1-3-5-10/h1-5,11-12H,6-9H2,(H,15,17)/t11-,12-/m0/s1. The molecule has 1 N–H and O–H groups in total. The van der Waals surface area contributed by atoms with E-state index < -0.39 is 0 Å². The minimum atomic E-state index is -0.326. The van der Waals surface area contributed by atoms with E-state index >= 15 is 0 Å². The molecule has 3 rings (SSSR count). The fraction of sp³-hybridized carbons (Fsp3) is 0.429. The number of nitrogens with one attached hydrogen (secondary N) is 1. The van der Waals surface area contributed by atoms with Gasteiger partial charge in [-0.25, -0.2) is 4.79 Å². The fourth-order valence-electron chi connectivity index (χ4n) is 2.76. The summed E-state index contributed by atoms with van der Waals surface area (Å²) in [5.74, 6) is 0.0237. The SMILES string of the molecule is O=C1C[C@H]2[C@H](CCN2C(=O)OCc2ccccc2)N1. The molecule has 2 fully saturated rings. The summed E-state index contributed by atoms with van der Waals surface area (Å²) in [5.41, 5.74) is 0.965. The van der Waals surface area contributed by atoms with Crippen LogP contribution in [-0.4, -0.2) is 35.5 Å². The van der Waals surface area contributed by atoms with Gasteiger partial charge in [-0.15, -0.1) is 0 Å². The summed E-state index contributed by atoms with van der Waals surface area (Å²) in [6, 6.07) is 9.66. The molecule has 5 nitrogen and oxygen atoms in total. The molecule has 100 valence electrons. The van der Waals surface area contributed by atoms with E-state index in [1.165, 1.54) is 0 Å². The molecule has 2 aliphatic rings. The van der Waals surface area contributed by atoms with Crippen LogP contribution in [0.1, 0.15) is 18.4 Å². The molecule has 2 saturated heterocycles. The van der Waals surface area contributed by atoms with Crippen molar-refractivity contribution < 1.29 is 14.3 Å². The average Bonchev–Trinajstić information content (AvgIpc) is 2.96. The first-order chi connectivity index (χ1) is 9.24. The van der Waals surface area contributed by atoms with Gasteiger partial charge in [-0.05, 0) is 12.0 Å². The predicted octanol–water partition coefficient (Wildman–Crippen LogP) is 1.29. The van der Waals surface area contributed by atoms with Crippen molar-refractivity contribution in [2.75, 3.05) is 6.54 Å². The van der Waals surface area contributed by atoms with Gasteiger partial charge < -0.3 is 15.0 Å². The van der Waals surface area contributed by atoms with E-state index in [2.05, 4.69) is 5.32 Å². The molecule has 1 aromatic carbocycles. The van der Waals surface area contributed by atoms with Gasteiger partial charge in [0.1, 0.15) is 6.61 Å². The van der Waals surface area contributed by atoms with Gasteiger partial charge in [0, 0.05) is 13.0 Å². The van der Waals surface area contributed by atoms with Gasteiger partial charge in [-0.1, -0.05) is 30.3 Å². The molecule has 5 heteroatoms. The second-order valence-electron chi connectivity index (χ2n) is 4.97. The van der Waals surface area contributed by atoms with E-state index in [1.54, 1.807) is 4.90 Å². The number of ether oxygens (including phenoxy) is 1. The number of benzene rings is 1. The minimum absolute atomic E-state index is 0.0237. The first-order valence-electron chi connectivity index (χ1n) is 6.51. The Morgan fingerprint density at radius 3 is 2.95 bits per heavy atom. The number of nitrogens with zero attached hydrogens (tertiary/aromatic N) is 1. The van der Waals surface area contributed by atoms with Crippen LogP contribution >= 0.6 is 0 Å². The third-order valence-electron chi connectivity index (χ3n) is 3.73. The first-order valence-corrected chi connectivity index (χ1v) is 6.51. The van der Waals surface area contributed by atoms with Gasteiger partial charge in [-0.3, -0.25) is 4.79 Å². The predicted molar refractivity (Wildman–Crippen MR) is 68.3 cm³/mol. The largest absolute Gasteiger partial charge is 0.445 e. The lowest BCUT2D eigenvalue weighted by atomic mass is 10.1. The lowest BCUT2D eigenvalue weighted by molar-refractivity contribution is -0.119. The summed E-state index contributed by atoms with van der Waals surface area (Å²) >= 11 is 0. The number of amides is 2. The molecule has 2 heterocycles. The highest BCUT2D eigenvalue weighted by Crippen LogP contribution is 2.26. The topological polar surface area (TPSA) is 58.6 Å². The molecule has 0 unspecified atom stereocenters. The van der Waals surface area contributed by atoms with Crippen LogP contribution in [0.4, 0.5) is 4.79 Å². The number of rotatable bonds is 2. The van der Waals surface area contributed by atoms with Crippen LogP contribution in [-0.2, 0) is 16.1 Å². The van der Waals surface area contributed by atoms with E-state index in [0.29, 0.717) is 13.0 Å². The maximum atomic E-state index is 12.0. The molecule has 2 aliphatic heterocycles. The fourth-order valence-corrected chi connectivity index (χ4v) is 2.76. The van der Waals surface area contributed by atoms with E-state index in [1.807, 2.05) is 30.3 Å². The Balaban J connectivity index is 1.58. The van der Waals surface area contributed by atoms with Crippen molar-refractivity contribution >= 4 is 12.0 Å². The molecule has 0 aromatic heterocycles. The molecule has 0 bridgehead atoms. The van der Waals surface area contributed by atoms with Crippen molar-refractivity contribution in [3.05, 3.63) is 35.9 Å². The van der Waals surface area contributed by atoms with Crippen LogP contribution in [0.15, 0.2) is 30.3 Å². The molecule has 0 spiro atoms. The number of fused-ring (bicyclic) bond motifs is 1. The molecular formula is C14H16N2O3. The van der Waals surface area contributed by atoms with Crippen LogP contribution in [0, 0.1) is 0 Å². The minimum Gasteiger partial charge on any atom is -0.445 e. The zero-order chi connectivity index (χ0) is 13.2. The lowest BCUT2D eigenvalue weighted by Gasteiger charge is -2.21. The first kappa shape index (κ1) is 12.0. The van der Waals surface area contributed by atoms with Crippen LogP contribution in [0.25, 0.3) is 0 Å². The van der Waals surface area contributed by atoms with Crippen molar-refractivity contribution in [1.29, 1.82) is 0 Å². The summed E-state index contributed by atoms with van der Waals surface area (Å²) < 4.78 is 5.30. The Kier molecular flexibility index (Phi) is 3.11. The summed E-state index contributed by atoms with van der Waals surface area (Å²) in [6.07, 6.45) is 0.884. The zero-order valence-corrected chi connectivity index (χ0v) is 10.5. The van der Waals surface area contributed by atoms with Crippen molar-refractivity contribution in [1.82, 2.24) is 10.2 Å². The Bertz CT molecular complexity index is 489. The highest BCUT2D eigenvalue weighted by molar-refractivity contribution is 5.81. The van der Waals surface area contributed by atoms with Crippen molar-refractivity contribution in [2.24, 2.45) is 0 Å². The lowest BCUT2D eigenvalue weighted by Crippen LogP contribution is -2.38. The van der Waals surface area contributed by atoms with Gasteiger partial charge in [0.15, 0.2) is 0 Å². The Hall–Kier alpha value is -2.04. The van der Waals surface area contributed by atoms with Crippen LogP contribution in [0.2, 0.25) is 0 Å². The van der Waals surface area contributed by atoms with Crippen molar-refractivity contribution in [3.8, 4) is 0 Å². The monoisotopic (exact) mass is 260 g/mol. The number of hydrogen-bond acceptors (Lipinski definition) is 3. The van der Waals surface area contributed by atoms with Gasteiger partial charge in [0.05, 0.1) is 12.1 Å². The third kappa shape index (κ3) is 2.41. The molecule has 1 aromatic rings. The molecule has 0 aliphatic carbocycles. The van der Waals surface area contributed by atoms with Gasteiger partial charge in [0.25, 0.3) is 0 Å². The summed E-state index contributed by atoms with van der Waals surface area (Å²) in [5, 5.41) is 2.89. The van der Waals surface area contributed by atoms with Gasteiger partial charge in [0.2, 0.25) is 5.91 Å². The highest BCUT2D eigenvalue weighted by atomic mass is 16.6. The summed E-state index contributed by atoms with van der Waals surface area (Å²) in [4.78, 5) is 25.0. The summed E-state index contributed by atoms with van der Waals surface area (Å²) in [6.45, 7) is 0.929. The Labute approximate surface area is 111 Å². The van der Waals surface area contributed by atoms with E-state index in [9.17, 15) is 9.59 Å². The van der Waals surface area contributed by atoms with E-state index in [-0.39, 0.29) is 30.7 Å². The van der Waals surface area contributed by atoms with Crippen molar-refractivity contribution in [2.45, 2.75) is 31.5 Å². The number of carbonyl (C=O) groups is 2. The Morgan fingerprint density at radius 2 is 2.16 bits per heavy atom. The van der Waals surface area contributed by atoms with Crippen LogP contribution in [0.5, 0.6) is 0 Å². The quantitative estimate of drug-likeness (QED) is 0.871.